The third kappa shape index (κ3) is 2.96. The molecule has 2 N–H and O–H groups in total. The minimum atomic E-state index is 0. The van der Waals surface area contributed by atoms with Crippen LogP contribution in [-0.2, 0) is 6.42 Å². The molecule has 0 unspecified atom stereocenters. The van der Waals surface area contributed by atoms with Crippen molar-refractivity contribution in [2.45, 2.75) is 45.1 Å². The number of nitrogens with two attached hydrogens (primary N) is 1. The van der Waals surface area contributed by atoms with Gasteiger partial charge in [-0.25, -0.2) is 0 Å². The summed E-state index contributed by atoms with van der Waals surface area (Å²) < 4.78 is 0. The number of thiophene rings is 1. The zero-order valence-electron chi connectivity index (χ0n) is 9.24. The van der Waals surface area contributed by atoms with E-state index in [1.807, 2.05) is 11.3 Å². The molecule has 1 atom stereocenters. The largest absolute Gasteiger partial charge is 0.323 e. The smallest absolute Gasteiger partial charge is 0.0418 e. The van der Waals surface area contributed by atoms with Gasteiger partial charge in [0.25, 0.3) is 0 Å². The first-order valence-electron chi connectivity index (χ1n) is 5.65. The summed E-state index contributed by atoms with van der Waals surface area (Å²) in [6.07, 6.45) is 6.57. The Balaban J connectivity index is 0.00000112. The van der Waals surface area contributed by atoms with Crippen LogP contribution in [0.4, 0.5) is 0 Å². The molecule has 1 heterocycles. The van der Waals surface area contributed by atoms with E-state index in [2.05, 4.69) is 19.1 Å². The average molecular weight is 246 g/mol. The van der Waals surface area contributed by atoms with Crippen molar-refractivity contribution >= 4 is 23.7 Å². The second-order valence-corrected chi connectivity index (χ2v) is 5.43. The molecule has 1 saturated carbocycles. The van der Waals surface area contributed by atoms with Gasteiger partial charge < -0.3 is 5.73 Å². The van der Waals surface area contributed by atoms with Crippen LogP contribution in [0.25, 0.3) is 0 Å². The van der Waals surface area contributed by atoms with Crippen molar-refractivity contribution in [1.29, 1.82) is 0 Å². The maximum atomic E-state index is 6.28. The molecule has 1 aliphatic rings. The van der Waals surface area contributed by atoms with E-state index in [0.717, 1.165) is 12.3 Å². The first-order chi connectivity index (χ1) is 6.81. The lowest BCUT2D eigenvalue weighted by Crippen LogP contribution is -2.17. The monoisotopic (exact) mass is 245 g/mol. The summed E-state index contributed by atoms with van der Waals surface area (Å²) in [6.45, 7) is 2.21. The van der Waals surface area contributed by atoms with Crippen LogP contribution in [0.1, 0.15) is 48.4 Å². The van der Waals surface area contributed by atoms with Crippen LogP contribution < -0.4 is 5.73 Å². The van der Waals surface area contributed by atoms with Crippen LogP contribution in [-0.4, -0.2) is 0 Å². The Hall–Kier alpha value is -0.0500. The molecule has 0 aromatic carbocycles. The fraction of sp³-hybridized carbons (Fsp3) is 0.667. The highest BCUT2D eigenvalue weighted by atomic mass is 35.5. The molecule has 3 heteroatoms. The molecule has 0 amide bonds. The van der Waals surface area contributed by atoms with Crippen molar-refractivity contribution in [2.24, 2.45) is 11.7 Å². The van der Waals surface area contributed by atoms with E-state index in [1.54, 1.807) is 0 Å². The molecule has 1 nitrogen and oxygen atoms in total. The molecule has 1 aliphatic carbocycles. The molecule has 0 radical (unpaired) electrons. The van der Waals surface area contributed by atoms with Crippen molar-refractivity contribution in [3.05, 3.63) is 21.9 Å². The van der Waals surface area contributed by atoms with Gasteiger partial charge in [-0.3, -0.25) is 0 Å². The van der Waals surface area contributed by atoms with Crippen molar-refractivity contribution < 1.29 is 0 Å². The van der Waals surface area contributed by atoms with Gasteiger partial charge in [-0.1, -0.05) is 19.8 Å². The Labute approximate surface area is 102 Å². The molecule has 0 spiro atoms. The van der Waals surface area contributed by atoms with Crippen LogP contribution >= 0.6 is 23.7 Å². The SMILES string of the molecule is CCc1ccc([C@H](N)C2CCCC2)s1.Cl. The molecule has 86 valence electrons. The van der Waals surface area contributed by atoms with Crippen molar-refractivity contribution in [1.82, 2.24) is 0 Å². The summed E-state index contributed by atoms with van der Waals surface area (Å²) in [5.41, 5.74) is 6.28. The molecule has 1 aromatic heterocycles. The Morgan fingerprint density at radius 2 is 2.07 bits per heavy atom. The standard InChI is InChI=1S/C12H19NS.ClH/c1-2-10-7-8-11(14-10)12(13)9-5-3-4-6-9;/h7-9,12H,2-6,13H2,1H3;1H/t12-;/m1./s1. The second-order valence-electron chi connectivity index (χ2n) is 4.23. The summed E-state index contributed by atoms with van der Waals surface area (Å²) in [5.74, 6) is 0.748. The quantitative estimate of drug-likeness (QED) is 0.858. The number of hydrogen-bond donors (Lipinski definition) is 1. The molecule has 0 saturated heterocycles. The summed E-state index contributed by atoms with van der Waals surface area (Å²) in [4.78, 5) is 2.86. The van der Waals surface area contributed by atoms with Gasteiger partial charge in [0.15, 0.2) is 0 Å². The molecule has 1 aromatic rings. The molecule has 2 rings (SSSR count). The van der Waals surface area contributed by atoms with Gasteiger partial charge in [-0.2, -0.15) is 0 Å². The van der Waals surface area contributed by atoms with Gasteiger partial charge >= 0.3 is 0 Å². The Kier molecular flexibility index (Phi) is 5.10. The topological polar surface area (TPSA) is 26.0 Å². The van der Waals surface area contributed by atoms with Crippen LogP contribution in [0, 0.1) is 5.92 Å². The zero-order valence-corrected chi connectivity index (χ0v) is 10.9. The lowest BCUT2D eigenvalue weighted by atomic mass is 9.98. The highest BCUT2D eigenvalue weighted by Crippen LogP contribution is 2.36. The minimum absolute atomic E-state index is 0. The first kappa shape index (κ1) is 13.0. The average Bonchev–Trinajstić information content (AvgIpc) is 2.88. The van der Waals surface area contributed by atoms with Gasteiger partial charge in [0.2, 0.25) is 0 Å². The highest BCUT2D eigenvalue weighted by molar-refractivity contribution is 7.12. The molecular weight excluding hydrogens is 226 g/mol. The normalized spacial score (nSPS) is 18.8. The van der Waals surface area contributed by atoms with Crippen LogP contribution in [0.15, 0.2) is 12.1 Å². The Bertz CT molecular complexity index is 292. The summed E-state index contributed by atoms with van der Waals surface area (Å²) in [6, 6.07) is 4.77. The second kappa shape index (κ2) is 5.88. The van der Waals surface area contributed by atoms with Crippen LogP contribution in [0.2, 0.25) is 0 Å². The maximum absolute atomic E-state index is 6.28. The number of halogens is 1. The fourth-order valence-electron chi connectivity index (χ4n) is 2.31. The third-order valence-corrected chi connectivity index (χ3v) is 4.60. The van der Waals surface area contributed by atoms with E-state index >= 15 is 0 Å². The predicted octanol–water partition coefficient (Wildman–Crippen LogP) is 3.92. The Morgan fingerprint density at radius 1 is 1.40 bits per heavy atom. The molecule has 0 bridgehead atoms. The highest BCUT2D eigenvalue weighted by Gasteiger charge is 2.23. The summed E-state index contributed by atoms with van der Waals surface area (Å²) in [7, 11) is 0. The molecule has 15 heavy (non-hydrogen) atoms. The number of rotatable bonds is 3. The number of hydrogen-bond acceptors (Lipinski definition) is 2. The molecular formula is C12H20ClNS. The zero-order chi connectivity index (χ0) is 9.97. The van der Waals surface area contributed by atoms with E-state index in [0.29, 0.717) is 6.04 Å². The van der Waals surface area contributed by atoms with E-state index < -0.39 is 0 Å². The summed E-state index contributed by atoms with van der Waals surface area (Å²) >= 11 is 1.90. The van der Waals surface area contributed by atoms with Gasteiger partial charge in [0.1, 0.15) is 0 Å². The van der Waals surface area contributed by atoms with Gasteiger partial charge in [-0.05, 0) is 37.3 Å². The van der Waals surface area contributed by atoms with Crippen molar-refractivity contribution in [3.63, 3.8) is 0 Å². The van der Waals surface area contributed by atoms with E-state index in [-0.39, 0.29) is 12.4 Å². The van der Waals surface area contributed by atoms with E-state index in [4.69, 9.17) is 5.73 Å². The Morgan fingerprint density at radius 3 is 2.60 bits per heavy atom. The minimum Gasteiger partial charge on any atom is -0.323 e. The lowest BCUT2D eigenvalue weighted by molar-refractivity contribution is 0.450. The summed E-state index contributed by atoms with van der Waals surface area (Å²) in [5, 5.41) is 0. The van der Waals surface area contributed by atoms with Crippen LogP contribution in [0.3, 0.4) is 0 Å². The molecule has 1 fully saturated rings. The van der Waals surface area contributed by atoms with E-state index in [1.165, 1.54) is 35.4 Å². The fourth-order valence-corrected chi connectivity index (χ4v) is 3.36. The third-order valence-electron chi connectivity index (χ3n) is 3.27. The van der Waals surface area contributed by atoms with Crippen molar-refractivity contribution in [3.8, 4) is 0 Å². The molecule has 0 aliphatic heterocycles. The van der Waals surface area contributed by atoms with Gasteiger partial charge in [-0.15, -0.1) is 23.7 Å². The van der Waals surface area contributed by atoms with E-state index in [9.17, 15) is 0 Å². The van der Waals surface area contributed by atoms with Gasteiger partial charge in [0.05, 0.1) is 0 Å². The van der Waals surface area contributed by atoms with Gasteiger partial charge in [0, 0.05) is 15.8 Å². The predicted molar refractivity (Wildman–Crippen MR) is 69.8 cm³/mol. The van der Waals surface area contributed by atoms with Crippen LogP contribution in [0.5, 0.6) is 0 Å². The maximum Gasteiger partial charge on any atom is 0.0418 e. The first-order valence-corrected chi connectivity index (χ1v) is 6.47. The lowest BCUT2D eigenvalue weighted by Gasteiger charge is -2.16. The number of aryl methyl sites for hydroxylation is 1. The van der Waals surface area contributed by atoms with Crippen molar-refractivity contribution in [2.75, 3.05) is 0 Å².